The van der Waals surface area contributed by atoms with Gasteiger partial charge in [0, 0.05) is 24.4 Å². The van der Waals surface area contributed by atoms with Gasteiger partial charge in [-0.05, 0) is 61.2 Å². The van der Waals surface area contributed by atoms with E-state index in [1.807, 2.05) is 47.3 Å². The first-order valence-corrected chi connectivity index (χ1v) is 10.5. The van der Waals surface area contributed by atoms with Crippen LogP contribution in [0.5, 0.6) is 0 Å². The van der Waals surface area contributed by atoms with Crippen molar-refractivity contribution in [3.8, 4) is 11.4 Å². The number of halogens is 2. The van der Waals surface area contributed by atoms with Crippen LogP contribution in [0.3, 0.4) is 0 Å². The normalized spacial score (nSPS) is 17.1. The van der Waals surface area contributed by atoms with Gasteiger partial charge in [0.1, 0.15) is 5.15 Å². The van der Waals surface area contributed by atoms with E-state index in [1.54, 1.807) is 0 Å². The zero-order chi connectivity index (χ0) is 19.8. The van der Waals surface area contributed by atoms with E-state index in [-0.39, 0.29) is 6.23 Å². The molecule has 1 atom stereocenters. The van der Waals surface area contributed by atoms with Crippen LogP contribution in [0.2, 0.25) is 10.2 Å². The van der Waals surface area contributed by atoms with Crippen LogP contribution in [0.15, 0.2) is 54.7 Å². The van der Waals surface area contributed by atoms with Crippen LogP contribution in [-0.4, -0.2) is 25.9 Å². The Morgan fingerprint density at radius 1 is 1.03 bits per heavy atom. The zero-order valence-electron chi connectivity index (χ0n) is 15.8. The molecule has 1 fully saturated rings. The fourth-order valence-corrected chi connectivity index (χ4v) is 4.34. The third kappa shape index (κ3) is 3.66. The predicted molar refractivity (Wildman–Crippen MR) is 115 cm³/mol. The molecule has 0 spiro atoms. The molecule has 0 bridgehead atoms. The number of nitrogens with zero attached hydrogens (tertiary/aromatic N) is 4. The summed E-state index contributed by atoms with van der Waals surface area (Å²) in [6.45, 7) is 1.44. The molecule has 1 aliphatic heterocycles. The lowest BCUT2D eigenvalue weighted by Gasteiger charge is -2.25. The van der Waals surface area contributed by atoms with Gasteiger partial charge in [-0.2, -0.15) is 5.10 Å². The third-order valence-corrected chi connectivity index (χ3v) is 5.76. The summed E-state index contributed by atoms with van der Waals surface area (Å²) in [5, 5.41) is 5.78. The summed E-state index contributed by atoms with van der Waals surface area (Å²) < 4.78 is 10.2. The first-order chi connectivity index (χ1) is 14.2. The van der Waals surface area contributed by atoms with Gasteiger partial charge in [0.05, 0.1) is 22.4 Å². The lowest BCUT2D eigenvalue weighted by Crippen LogP contribution is -2.20. The molecule has 0 N–H and O–H groups in total. The second kappa shape index (κ2) is 7.82. The molecular formula is C22H20Cl2N4O. The minimum Gasteiger partial charge on any atom is -0.356 e. The van der Waals surface area contributed by atoms with Crippen LogP contribution in [0.4, 0.5) is 0 Å². The number of fused-ring (bicyclic) bond motifs is 1. The summed E-state index contributed by atoms with van der Waals surface area (Å²) in [5.41, 5.74) is 5.02. The van der Waals surface area contributed by atoms with Crippen LogP contribution in [0.25, 0.3) is 22.4 Å². The van der Waals surface area contributed by atoms with Gasteiger partial charge in [-0.1, -0.05) is 35.3 Å². The molecule has 0 aliphatic carbocycles. The minimum atomic E-state index is -0.0390. The highest BCUT2D eigenvalue weighted by atomic mass is 35.5. The van der Waals surface area contributed by atoms with Crippen molar-refractivity contribution in [2.24, 2.45) is 0 Å². The fraction of sp³-hybridized carbons (Fsp3) is 0.273. The molecule has 7 heteroatoms. The van der Waals surface area contributed by atoms with E-state index in [2.05, 4.69) is 26.8 Å². The summed E-state index contributed by atoms with van der Waals surface area (Å²) in [7, 11) is 0. The number of aromatic nitrogens is 4. The molecule has 1 aliphatic rings. The molecule has 0 saturated carbocycles. The van der Waals surface area contributed by atoms with Gasteiger partial charge in [0.25, 0.3) is 0 Å². The van der Waals surface area contributed by atoms with E-state index in [1.165, 1.54) is 0 Å². The minimum absolute atomic E-state index is 0.0390. The van der Waals surface area contributed by atoms with Crippen molar-refractivity contribution in [1.82, 2.24) is 19.3 Å². The van der Waals surface area contributed by atoms with Gasteiger partial charge >= 0.3 is 0 Å². The van der Waals surface area contributed by atoms with Gasteiger partial charge in [-0.15, -0.1) is 0 Å². The second-order valence-corrected chi connectivity index (χ2v) is 8.09. The average Bonchev–Trinajstić information content (AvgIpc) is 3.33. The maximum Gasteiger partial charge on any atom is 0.150 e. The highest BCUT2D eigenvalue weighted by Crippen LogP contribution is 2.33. The largest absolute Gasteiger partial charge is 0.356 e. The van der Waals surface area contributed by atoms with Crippen LogP contribution in [0.1, 0.15) is 31.1 Å². The number of ether oxygens (including phenoxy) is 1. The lowest BCUT2D eigenvalue weighted by atomic mass is 10.2. The van der Waals surface area contributed by atoms with Crippen molar-refractivity contribution in [2.75, 3.05) is 6.61 Å². The van der Waals surface area contributed by atoms with Crippen molar-refractivity contribution in [3.63, 3.8) is 0 Å². The van der Waals surface area contributed by atoms with Crippen LogP contribution >= 0.6 is 23.2 Å². The van der Waals surface area contributed by atoms with Gasteiger partial charge in [0.15, 0.2) is 6.23 Å². The Morgan fingerprint density at radius 3 is 2.79 bits per heavy atom. The maximum absolute atomic E-state index is 6.22. The Hall–Kier alpha value is -2.34. The van der Waals surface area contributed by atoms with E-state index in [9.17, 15) is 0 Å². The molecule has 1 aromatic carbocycles. The molecule has 5 nitrogen and oxygen atoms in total. The van der Waals surface area contributed by atoms with E-state index >= 15 is 0 Å². The average molecular weight is 427 g/mol. The summed E-state index contributed by atoms with van der Waals surface area (Å²) in [5.74, 6) is 0. The van der Waals surface area contributed by atoms with Gasteiger partial charge in [-0.25, -0.2) is 9.67 Å². The quantitative estimate of drug-likeness (QED) is 0.378. The molecule has 3 aromatic heterocycles. The number of hydrogen-bond acceptors (Lipinski definition) is 3. The topological polar surface area (TPSA) is 44.9 Å². The molecule has 5 rings (SSSR count). The molecule has 4 aromatic rings. The van der Waals surface area contributed by atoms with Crippen LogP contribution in [-0.2, 0) is 11.3 Å². The van der Waals surface area contributed by atoms with E-state index in [0.29, 0.717) is 11.7 Å². The fourth-order valence-electron chi connectivity index (χ4n) is 3.98. The summed E-state index contributed by atoms with van der Waals surface area (Å²) in [6.07, 6.45) is 5.00. The molecule has 148 valence electrons. The molecule has 29 heavy (non-hydrogen) atoms. The number of rotatable bonds is 4. The predicted octanol–water partition coefficient (Wildman–Crippen LogP) is 5.95. The summed E-state index contributed by atoms with van der Waals surface area (Å²) in [4.78, 5) is 4.53. The summed E-state index contributed by atoms with van der Waals surface area (Å²) >= 11 is 12.4. The van der Waals surface area contributed by atoms with E-state index in [4.69, 9.17) is 27.9 Å². The number of hydrogen-bond donors (Lipinski definition) is 0. The van der Waals surface area contributed by atoms with Gasteiger partial charge in [0.2, 0.25) is 0 Å². The molecule has 4 heterocycles. The Morgan fingerprint density at radius 2 is 1.97 bits per heavy atom. The number of benzene rings is 1. The Labute approximate surface area is 178 Å². The first-order valence-electron chi connectivity index (χ1n) is 9.75. The van der Waals surface area contributed by atoms with Crippen molar-refractivity contribution >= 4 is 34.2 Å². The van der Waals surface area contributed by atoms with Crippen molar-refractivity contribution in [2.45, 2.75) is 32.0 Å². The highest BCUT2D eigenvalue weighted by Gasteiger charge is 2.22. The molecule has 0 amide bonds. The van der Waals surface area contributed by atoms with Crippen LogP contribution in [0, 0.1) is 0 Å². The molecular weight excluding hydrogens is 407 g/mol. The maximum atomic E-state index is 6.22. The van der Waals surface area contributed by atoms with Gasteiger partial charge < -0.3 is 9.30 Å². The van der Waals surface area contributed by atoms with Crippen molar-refractivity contribution in [3.05, 3.63) is 70.5 Å². The molecule has 1 saturated heterocycles. The molecule has 0 radical (unpaired) electrons. The SMILES string of the molecule is Clc1cccc(Cn2c(-c3ccnn3C3CCCCO3)cc3nc(Cl)ccc32)c1. The lowest BCUT2D eigenvalue weighted by molar-refractivity contribution is -0.0384. The summed E-state index contributed by atoms with van der Waals surface area (Å²) in [6, 6.07) is 15.9. The zero-order valence-corrected chi connectivity index (χ0v) is 17.3. The van der Waals surface area contributed by atoms with Crippen LogP contribution < -0.4 is 0 Å². The van der Waals surface area contributed by atoms with Crippen molar-refractivity contribution in [1.29, 1.82) is 0 Å². The first kappa shape index (κ1) is 18.7. The van der Waals surface area contributed by atoms with E-state index in [0.717, 1.165) is 58.9 Å². The second-order valence-electron chi connectivity index (χ2n) is 7.27. The Bertz CT molecular complexity index is 1160. The van der Waals surface area contributed by atoms with E-state index < -0.39 is 0 Å². The van der Waals surface area contributed by atoms with Gasteiger partial charge in [-0.3, -0.25) is 0 Å². The smallest absolute Gasteiger partial charge is 0.150 e. The van der Waals surface area contributed by atoms with Crippen molar-refractivity contribution < 1.29 is 4.74 Å². The standard InChI is InChI=1S/C22H20Cl2N4O/c23-16-5-3-4-15(12-16)14-27-18-7-8-21(24)26-17(18)13-20(27)19-9-10-25-28(19)22-6-1-2-11-29-22/h3-5,7-10,12-13,22H,1-2,6,11,14H2. The number of pyridine rings is 1. The monoisotopic (exact) mass is 426 g/mol. The molecule has 1 unspecified atom stereocenters. The third-order valence-electron chi connectivity index (χ3n) is 5.31. The highest BCUT2D eigenvalue weighted by molar-refractivity contribution is 6.30. The Kier molecular flexibility index (Phi) is 5.04. The Balaban J connectivity index is 1.65.